The zero-order valence-electron chi connectivity index (χ0n) is 15.2. The average molecular weight is 376 g/mol. The lowest BCUT2D eigenvalue weighted by molar-refractivity contribution is -0.114. The van der Waals surface area contributed by atoms with E-state index in [2.05, 4.69) is 5.32 Å². The van der Waals surface area contributed by atoms with Crippen molar-refractivity contribution in [2.75, 3.05) is 29.5 Å². The standard InChI is InChI=1S/C19H24N2O4S/c1-4-15-8-10-18(11-9-15)21(26(3,23)24)13-19(22)20-17-7-5-6-16(12-17)14-25-2/h5-12H,4,13-14H2,1-3H3,(H,20,22). The predicted octanol–water partition coefficient (Wildman–Crippen LogP) is 2.80. The number of amides is 1. The van der Waals surface area contributed by atoms with Crippen molar-refractivity contribution in [3.63, 3.8) is 0 Å². The zero-order chi connectivity index (χ0) is 19.2. The molecule has 2 aromatic carbocycles. The molecule has 0 aromatic heterocycles. The van der Waals surface area contributed by atoms with Crippen LogP contribution in [-0.2, 0) is 32.6 Å². The average Bonchev–Trinajstić information content (AvgIpc) is 2.59. The zero-order valence-corrected chi connectivity index (χ0v) is 16.0. The Kier molecular flexibility index (Phi) is 6.76. The number of benzene rings is 2. The number of rotatable bonds is 8. The first-order valence-corrected chi connectivity index (χ1v) is 10.1. The fourth-order valence-corrected chi connectivity index (χ4v) is 3.39. The highest BCUT2D eigenvalue weighted by atomic mass is 32.2. The van der Waals surface area contributed by atoms with E-state index in [0.717, 1.165) is 28.1 Å². The SMILES string of the molecule is CCc1ccc(N(CC(=O)Nc2cccc(COC)c2)S(C)(=O)=O)cc1. The highest BCUT2D eigenvalue weighted by Crippen LogP contribution is 2.19. The molecule has 26 heavy (non-hydrogen) atoms. The van der Waals surface area contributed by atoms with Gasteiger partial charge in [-0.15, -0.1) is 0 Å². The van der Waals surface area contributed by atoms with Crippen molar-refractivity contribution in [3.8, 4) is 0 Å². The normalized spacial score (nSPS) is 11.2. The van der Waals surface area contributed by atoms with Gasteiger partial charge in [0.2, 0.25) is 15.9 Å². The summed E-state index contributed by atoms with van der Waals surface area (Å²) in [6, 6.07) is 14.4. The highest BCUT2D eigenvalue weighted by molar-refractivity contribution is 7.92. The molecule has 6 nitrogen and oxygen atoms in total. The van der Waals surface area contributed by atoms with Gasteiger partial charge in [-0.3, -0.25) is 9.10 Å². The molecule has 0 aliphatic heterocycles. The van der Waals surface area contributed by atoms with Crippen LogP contribution in [-0.4, -0.2) is 34.2 Å². The molecule has 0 bridgehead atoms. The van der Waals surface area contributed by atoms with Gasteiger partial charge in [0.1, 0.15) is 6.54 Å². The molecule has 0 unspecified atom stereocenters. The number of hydrogen-bond donors (Lipinski definition) is 1. The number of anilines is 2. The summed E-state index contributed by atoms with van der Waals surface area (Å²) in [4.78, 5) is 12.4. The minimum atomic E-state index is -3.59. The van der Waals surface area contributed by atoms with Crippen molar-refractivity contribution in [2.45, 2.75) is 20.0 Å². The van der Waals surface area contributed by atoms with Crippen molar-refractivity contribution in [1.29, 1.82) is 0 Å². The van der Waals surface area contributed by atoms with Crippen LogP contribution in [0, 0.1) is 0 Å². The van der Waals surface area contributed by atoms with Crippen molar-refractivity contribution < 1.29 is 17.9 Å². The summed E-state index contributed by atoms with van der Waals surface area (Å²) in [5.41, 5.74) is 3.08. The summed E-state index contributed by atoms with van der Waals surface area (Å²) in [7, 11) is -1.99. The molecule has 0 saturated heterocycles. The largest absolute Gasteiger partial charge is 0.380 e. The molecule has 0 radical (unpaired) electrons. The highest BCUT2D eigenvalue weighted by Gasteiger charge is 2.21. The first kappa shape index (κ1) is 19.9. The van der Waals surface area contributed by atoms with Crippen LogP contribution in [0.4, 0.5) is 11.4 Å². The second-order valence-corrected chi connectivity index (χ2v) is 7.88. The Bertz CT molecular complexity index is 848. The quantitative estimate of drug-likeness (QED) is 0.769. The molecule has 0 fully saturated rings. The third-order valence-electron chi connectivity index (χ3n) is 3.84. The molecule has 140 valence electrons. The topological polar surface area (TPSA) is 75.7 Å². The maximum Gasteiger partial charge on any atom is 0.245 e. The third-order valence-corrected chi connectivity index (χ3v) is 4.98. The maximum atomic E-state index is 12.4. The van der Waals surface area contributed by atoms with Crippen LogP contribution in [0.15, 0.2) is 48.5 Å². The molecule has 0 spiro atoms. The predicted molar refractivity (Wildman–Crippen MR) is 104 cm³/mol. The third kappa shape index (κ3) is 5.57. The van der Waals surface area contributed by atoms with Crippen LogP contribution in [0.3, 0.4) is 0 Å². The van der Waals surface area contributed by atoms with Crippen LogP contribution in [0.25, 0.3) is 0 Å². The number of sulfonamides is 1. The number of aryl methyl sites for hydroxylation is 1. The summed E-state index contributed by atoms with van der Waals surface area (Å²) in [6.07, 6.45) is 1.95. The molecule has 0 atom stereocenters. The molecular formula is C19H24N2O4S. The van der Waals surface area contributed by atoms with Gasteiger partial charge in [-0.2, -0.15) is 0 Å². The molecule has 0 saturated carbocycles. The fourth-order valence-electron chi connectivity index (χ4n) is 2.53. The number of methoxy groups -OCH3 is 1. The van der Waals surface area contributed by atoms with E-state index in [9.17, 15) is 13.2 Å². The minimum Gasteiger partial charge on any atom is -0.380 e. The second-order valence-electron chi connectivity index (χ2n) is 5.97. The number of hydrogen-bond acceptors (Lipinski definition) is 4. The van der Waals surface area contributed by atoms with Crippen LogP contribution in [0.2, 0.25) is 0 Å². The summed E-state index contributed by atoms with van der Waals surface area (Å²) < 4.78 is 30.5. The number of ether oxygens (including phenoxy) is 1. The van der Waals surface area contributed by atoms with Gasteiger partial charge < -0.3 is 10.1 Å². The molecule has 1 amide bonds. The van der Waals surface area contributed by atoms with Crippen LogP contribution in [0.1, 0.15) is 18.1 Å². The molecule has 0 heterocycles. The van der Waals surface area contributed by atoms with Crippen molar-refractivity contribution in [1.82, 2.24) is 0 Å². The molecule has 7 heteroatoms. The van der Waals surface area contributed by atoms with Crippen molar-refractivity contribution in [3.05, 3.63) is 59.7 Å². The number of carbonyl (C=O) groups is 1. The Morgan fingerprint density at radius 1 is 1.12 bits per heavy atom. The van der Waals surface area contributed by atoms with Crippen LogP contribution >= 0.6 is 0 Å². The molecule has 0 aliphatic carbocycles. The van der Waals surface area contributed by atoms with Gasteiger partial charge in [0, 0.05) is 12.8 Å². The number of nitrogens with one attached hydrogen (secondary N) is 1. The second kappa shape index (κ2) is 8.82. The van der Waals surface area contributed by atoms with Gasteiger partial charge in [-0.25, -0.2) is 8.42 Å². The molecule has 2 rings (SSSR count). The van der Waals surface area contributed by atoms with E-state index in [1.165, 1.54) is 0 Å². The Balaban J connectivity index is 2.15. The van der Waals surface area contributed by atoms with E-state index >= 15 is 0 Å². The van der Waals surface area contributed by atoms with Gasteiger partial charge in [0.15, 0.2) is 0 Å². The van der Waals surface area contributed by atoms with Crippen LogP contribution < -0.4 is 9.62 Å². The van der Waals surface area contributed by atoms with Crippen molar-refractivity contribution >= 4 is 27.3 Å². The van der Waals surface area contributed by atoms with Gasteiger partial charge in [-0.1, -0.05) is 31.2 Å². The van der Waals surface area contributed by atoms with E-state index < -0.39 is 15.9 Å². The smallest absolute Gasteiger partial charge is 0.245 e. The first-order valence-electron chi connectivity index (χ1n) is 8.28. The first-order chi connectivity index (χ1) is 12.3. The monoisotopic (exact) mass is 376 g/mol. The lowest BCUT2D eigenvalue weighted by Crippen LogP contribution is -2.37. The van der Waals surface area contributed by atoms with E-state index in [1.807, 2.05) is 31.2 Å². The van der Waals surface area contributed by atoms with E-state index in [4.69, 9.17) is 4.74 Å². The molecule has 1 N–H and O–H groups in total. The van der Waals surface area contributed by atoms with E-state index in [0.29, 0.717) is 18.0 Å². The minimum absolute atomic E-state index is 0.293. The Hall–Kier alpha value is -2.38. The Morgan fingerprint density at radius 2 is 1.81 bits per heavy atom. The molecule has 2 aromatic rings. The summed E-state index contributed by atoms with van der Waals surface area (Å²) in [6.45, 7) is 2.16. The number of carbonyl (C=O) groups excluding carboxylic acids is 1. The Labute approximate surface area is 154 Å². The fraction of sp³-hybridized carbons (Fsp3) is 0.316. The van der Waals surface area contributed by atoms with E-state index in [-0.39, 0.29) is 6.54 Å². The summed E-state index contributed by atoms with van der Waals surface area (Å²) >= 11 is 0. The molecular weight excluding hydrogens is 352 g/mol. The van der Waals surface area contributed by atoms with Crippen LogP contribution in [0.5, 0.6) is 0 Å². The lowest BCUT2D eigenvalue weighted by Gasteiger charge is -2.22. The van der Waals surface area contributed by atoms with Gasteiger partial charge in [0.25, 0.3) is 0 Å². The lowest BCUT2D eigenvalue weighted by atomic mass is 10.1. The van der Waals surface area contributed by atoms with Crippen molar-refractivity contribution in [2.24, 2.45) is 0 Å². The maximum absolute atomic E-state index is 12.4. The summed E-state index contributed by atoms with van der Waals surface area (Å²) in [5.74, 6) is -0.412. The van der Waals surface area contributed by atoms with Gasteiger partial charge in [-0.05, 0) is 41.8 Å². The number of nitrogens with zero attached hydrogens (tertiary/aromatic N) is 1. The van der Waals surface area contributed by atoms with E-state index in [1.54, 1.807) is 31.4 Å². The van der Waals surface area contributed by atoms with Gasteiger partial charge >= 0.3 is 0 Å². The summed E-state index contributed by atoms with van der Waals surface area (Å²) in [5, 5.41) is 2.74. The Morgan fingerprint density at radius 3 is 2.38 bits per heavy atom. The van der Waals surface area contributed by atoms with Gasteiger partial charge in [0.05, 0.1) is 18.6 Å². The molecule has 0 aliphatic rings.